The van der Waals surface area contributed by atoms with Gasteiger partial charge in [0.25, 0.3) is 0 Å². The third kappa shape index (κ3) is 3.88. The molecule has 1 aromatic carbocycles. The smallest absolute Gasteiger partial charge is 0.234 e. The topological polar surface area (TPSA) is 68.0 Å². The number of amides is 1. The Kier molecular flexibility index (Phi) is 4.87. The molecule has 0 fully saturated rings. The van der Waals surface area contributed by atoms with E-state index in [1.165, 1.54) is 11.8 Å². The predicted octanol–water partition coefficient (Wildman–Crippen LogP) is 3.36. The van der Waals surface area contributed by atoms with Gasteiger partial charge in [0.2, 0.25) is 5.91 Å². The number of nitrogens with two attached hydrogens (primary N) is 1. The normalized spacial score (nSPS) is 10.3. The van der Waals surface area contributed by atoms with Crippen LogP contribution in [0.5, 0.6) is 0 Å². The number of hydrogen-bond acceptors (Lipinski definition) is 4. The maximum Gasteiger partial charge on any atom is 0.234 e. The fourth-order valence-corrected chi connectivity index (χ4v) is 2.59. The Morgan fingerprint density at radius 1 is 1.45 bits per heavy atom. The lowest BCUT2D eigenvalue weighted by Crippen LogP contribution is -2.14. The molecule has 0 saturated heterocycles. The number of aromatic nitrogens is 1. The van der Waals surface area contributed by atoms with E-state index in [9.17, 15) is 4.79 Å². The van der Waals surface area contributed by atoms with Gasteiger partial charge in [0.05, 0.1) is 28.3 Å². The van der Waals surface area contributed by atoms with Crippen molar-refractivity contribution in [2.75, 3.05) is 16.8 Å². The van der Waals surface area contributed by atoms with Crippen LogP contribution in [-0.2, 0) is 4.79 Å². The second-order valence-electron chi connectivity index (χ2n) is 4.23. The molecule has 0 atom stereocenters. The van der Waals surface area contributed by atoms with Crippen LogP contribution in [0, 0.1) is 6.92 Å². The van der Waals surface area contributed by atoms with Crippen LogP contribution in [-0.4, -0.2) is 16.6 Å². The SMILES string of the molecule is Cc1ccc(NC(=O)CSc2ccncc2N)c(Cl)c1. The van der Waals surface area contributed by atoms with Crippen LogP contribution >= 0.6 is 23.4 Å². The van der Waals surface area contributed by atoms with Crippen molar-refractivity contribution in [2.24, 2.45) is 0 Å². The molecule has 2 rings (SSSR count). The summed E-state index contributed by atoms with van der Waals surface area (Å²) in [4.78, 5) is 16.6. The Morgan fingerprint density at radius 3 is 2.95 bits per heavy atom. The van der Waals surface area contributed by atoms with E-state index in [-0.39, 0.29) is 11.7 Å². The Balaban J connectivity index is 1.94. The molecule has 6 heteroatoms. The van der Waals surface area contributed by atoms with E-state index < -0.39 is 0 Å². The third-order valence-corrected chi connectivity index (χ3v) is 3.97. The van der Waals surface area contributed by atoms with E-state index in [2.05, 4.69) is 10.3 Å². The van der Waals surface area contributed by atoms with Gasteiger partial charge in [-0.25, -0.2) is 0 Å². The van der Waals surface area contributed by atoms with Crippen LogP contribution in [0.2, 0.25) is 5.02 Å². The second kappa shape index (κ2) is 6.63. The van der Waals surface area contributed by atoms with Crippen LogP contribution in [0.25, 0.3) is 0 Å². The monoisotopic (exact) mass is 307 g/mol. The minimum Gasteiger partial charge on any atom is -0.397 e. The zero-order valence-corrected chi connectivity index (χ0v) is 12.5. The second-order valence-corrected chi connectivity index (χ2v) is 5.66. The van der Waals surface area contributed by atoms with Crippen LogP contribution in [0.15, 0.2) is 41.6 Å². The van der Waals surface area contributed by atoms with Gasteiger partial charge in [-0.3, -0.25) is 9.78 Å². The van der Waals surface area contributed by atoms with E-state index in [1.807, 2.05) is 19.1 Å². The van der Waals surface area contributed by atoms with Crippen LogP contribution in [0.1, 0.15) is 5.56 Å². The maximum absolute atomic E-state index is 11.9. The minimum atomic E-state index is -0.128. The lowest BCUT2D eigenvalue weighted by atomic mass is 10.2. The molecular formula is C14H14ClN3OS. The number of thioether (sulfide) groups is 1. The first-order valence-corrected chi connectivity index (χ1v) is 7.31. The lowest BCUT2D eigenvalue weighted by molar-refractivity contribution is -0.113. The van der Waals surface area contributed by atoms with Gasteiger partial charge < -0.3 is 11.1 Å². The van der Waals surface area contributed by atoms with Crippen molar-refractivity contribution in [3.8, 4) is 0 Å². The number of rotatable bonds is 4. The molecule has 2 aromatic rings. The number of carbonyl (C=O) groups is 1. The molecular weight excluding hydrogens is 294 g/mol. The van der Waals surface area contributed by atoms with Crippen LogP contribution in [0.4, 0.5) is 11.4 Å². The number of anilines is 2. The number of benzene rings is 1. The molecule has 0 aliphatic carbocycles. The summed E-state index contributed by atoms with van der Waals surface area (Å²) in [7, 11) is 0. The fourth-order valence-electron chi connectivity index (χ4n) is 1.58. The first kappa shape index (κ1) is 14.7. The van der Waals surface area contributed by atoms with Gasteiger partial charge in [0.1, 0.15) is 0 Å². The molecule has 0 aliphatic heterocycles. The molecule has 0 saturated carbocycles. The molecule has 1 aromatic heterocycles. The van der Waals surface area contributed by atoms with E-state index in [1.54, 1.807) is 24.5 Å². The van der Waals surface area contributed by atoms with E-state index in [4.69, 9.17) is 17.3 Å². The summed E-state index contributed by atoms with van der Waals surface area (Å²) in [6, 6.07) is 7.29. The summed E-state index contributed by atoms with van der Waals surface area (Å²) in [5, 5.41) is 3.31. The van der Waals surface area contributed by atoms with Crippen molar-refractivity contribution < 1.29 is 4.79 Å². The first-order valence-electron chi connectivity index (χ1n) is 5.94. The van der Waals surface area contributed by atoms with Crippen LogP contribution in [0.3, 0.4) is 0 Å². The highest BCUT2D eigenvalue weighted by atomic mass is 35.5. The van der Waals surface area contributed by atoms with Crippen molar-refractivity contribution in [1.29, 1.82) is 0 Å². The molecule has 0 spiro atoms. The number of aryl methyl sites for hydroxylation is 1. The molecule has 0 bridgehead atoms. The zero-order chi connectivity index (χ0) is 14.5. The first-order chi connectivity index (χ1) is 9.56. The van der Waals surface area contributed by atoms with Crippen molar-refractivity contribution in [2.45, 2.75) is 11.8 Å². The summed E-state index contributed by atoms with van der Waals surface area (Å²) >= 11 is 7.43. The van der Waals surface area contributed by atoms with Gasteiger partial charge in [0.15, 0.2) is 0 Å². The lowest BCUT2D eigenvalue weighted by Gasteiger charge is -2.08. The molecule has 0 unspecified atom stereocenters. The van der Waals surface area contributed by atoms with Crippen molar-refractivity contribution >= 4 is 40.6 Å². The Hall–Kier alpha value is -1.72. The number of carbonyl (C=O) groups excluding carboxylic acids is 1. The molecule has 1 amide bonds. The average molecular weight is 308 g/mol. The quantitative estimate of drug-likeness (QED) is 0.850. The van der Waals surface area contributed by atoms with Crippen molar-refractivity contribution in [3.63, 3.8) is 0 Å². The van der Waals surface area contributed by atoms with E-state index in [0.717, 1.165) is 10.5 Å². The Bertz CT molecular complexity index is 634. The van der Waals surface area contributed by atoms with Gasteiger partial charge in [-0.1, -0.05) is 17.7 Å². The fraction of sp³-hybridized carbons (Fsp3) is 0.143. The Labute approximate surface area is 126 Å². The molecule has 4 nitrogen and oxygen atoms in total. The molecule has 3 N–H and O–H groups in total. The zero-order valence-electron chi connectivity index (χ0n) is 10.9. The minimum absolute atomic E-state index is 0.128. The molecule has 0 aliphatic rings. The summed E-state index contributed by atoms with van der Waals surface area (Å²) in [5.74, 6) is 0.135. The highest BCUT2D eigenvalue weighted by Gasteiger charge is 2.08. The number of hydrogen-bond donors (Lipinski definition) is 2. The molecule has 104 valence electrons. The maximum atomic E-state index is 11.9. The van der Waals surface area contributed by atoms with Gasteiger partial charge >= 0.3 is 0 Å². The van der Waals surface area contributed by atoms with Gasteiger partial charge in [0, 0.05) is 11.1 Å². The summed E-state index contributed by atoms with van der Waals surface area (Å²) in [6.07, 6.45) is 3.21. The standard InChI is InChI=1S/C14H14ClN3OS/c1-9-2-3-12(10(15)6-9)18-14(19)8-20-13-4-5-17-7-11(13)16/h2-7H,8,16H2,1H3,(H,18,19). The van der Waals surface area contributed by atoms with Gasteiger partial charge in [-0.05, 0) is 30.7 Å². The number of pyridine rings is 1. The summed E-state index contributed by atoms with van der Waals surface area (Å²) in [5.41, 5.74) is 8.00. The highest BCUT2D eigenvalue weighted by molar-refractivity contribution is 8.00. The third-order valence-electron chi connectivity index (χ3n) is 2.57. The number of nitrogens with zero attached hydrogens (tertiary/aromatic N) is 1. The number of nitrogen functional groups attached to an aromatic ring is 1. The number of nitrogens with one attached hydrogen (secondary N) is 1. The molecule has 0 radical (unpaired) electrons. The molecule has 20 heavy (non-hydrogen) atoms. The largest absolute Gasteiger partial charge is 0.397 e. The van der Waals surface area contributed by atoms with Crippen LogP contribution < -0.4 is 11.1 Å². The van der Waals surface area contributed by atoms with E-state index in [0.29, 0.717) is 16.4 Å². The molecule has 1 heterocycles. The van der Waals surface area contributed by atoms with Crippen molar-refractivity contribution in [1.82, 2.24) is 4.98 Å². The summed E-state index contributed by atoms with van der Waals surface area (Å²) < 4.78 is 0. The predicted molar refractivity (Wildman–Crippen MR) is 84.2 cm³/mol. The van der Waals surface area contributed by atoms with Gasteiger partial charge in [-0.15, -0.1) is 11.8 Å². The highest BCUT2D eigenvalue weighted by Crippen LogP contribution is 2.25. The number of halogens is 1. The van der Waals surface area contributed by atoms with Crippen molar-refractivity contribution in [3.05, 3.63) is 47.2 Å². The summed E-state index contributed by atoms with van der Waals surface area (Å²) in [6.45, 7) is 1.94. The Morgan fingerprint density at radius 2 is 2.25 bits per heavy atom. The average Bonchev–Trinajstić information content (AvgIpc) is 2.41. The van der Waals surface area contributed by atoms with Gasteiger partial charge in [-0.2, -0.15) is 0 Å². The van der Waals surface area contributed by atoms with E-state index >= 15 is 0 Å².